The minimum absolute atomic E-state index is 0.0911. The first-order chi connectivity index (χ1) is 23.0. The third-order valence-corrected chi connectivity index (χ3v) is 9.18. The number of esters is 2. The molecule has 0 bridgehead atoms. The van der Waals surface area contributed by atoms with E-state index in [4.69, 9.17) is 14.6 Å². The Bertz CT molecular complexity index is 700. The number of hydrogen-bond acceptors (Lipinski definition) is 5. The molecule has 1 amide bonds. The topological polar surface area (TPSA) is 102 Å². The molecule has 2 N–H and O–H groups in total. The predicted molar refractivity (Wildman–Crippen MR) is 196 cm³/mol. The van der Waals surface area contributed by atoms with E-state index in [-0.39, 0.29) is 25.1 Å². The molecule has 47 heavy (non-hydrogen) atoms. The number of nitrogens with one attached hydrogen (secondary N) is 1. The number of unbranched alkanes of at least 4 members (excludes halogenated alkanes) is 28. The van der Waals surface area contributed by atoms with Crippen LogP contribution in [0.5, 0.6) is 0 Å². The van der Waals surface area contributed by atoms with Crippen molar-refractivity contribution in [3.63, 3.8) is 0 Å². The van der Waals surface area contributed by atoms with E-state index in [1.54, 1.807) is 0 Å². The molecule has 0 radical (unpaired) electrons. The largest absolute Gasteiger partial charge is 0.465 e. The molecule has 0 saturated heterocycles. The maximum Gasteiger partial charge on any atom is 0.404 e. The van der Waals surface area contributed by atoms with E-state index in [0.29, 0.717) is 12.8 Å². The SMILES string of the molecule is CCCCCCCCCCCCCCCCCC(=O)OCC(CNC(=O)O)OC(=O)CCCCCCCCCCCCCCCCC. The van der Waals surface area contributed by atoms with Crippen LogP contribution in [0.4, 0.5) is 4.79 Å². The zero-order chi connectivity index (χ0) is 34.5. The van der Waals surface area contributed by atoms with Gasteiger partial charge in [-0.3, -0.25) is 9.59 Å². The highest BCUT2D eigenvalue weighted by atomic mass is 16.6. The van der Waals surface area contributed by atoms with Crippen molar-refractivity contribution in [3.8, 4) is 0 Å². The smallest absolute Gasteiger partial charge is 0.404 e. The van der Waals surface area contributed by atoms with Gasteiger partial charge in [-0.1, -0.05) is 194 Å². The lowest BCUT2D eigenvalue weighted by molar-refractivity contribution is -0.158. The molecule has 7 heteroatoms. The highest BCUT2D eigenvalue weighted by Crippen LogP contribution is 2.16. The fraction of sp³-hybridized carbons (Fsp3) is 0.925. The zero-order valence-corrected chi connectivity index (χ0v) is 31.1. The Morgan fingerprint density at radius 2 is 0.766 bits per heavy atom. The number of hydrogen-bond donors (Lipinski definition) is 2. The molecule has 0 aliphatic carbocycles. The maximum absolute atomic E-state index is 12.4. The van der Waals surface area contributed by atoms with Gasteiger partial charge in [0, 0.05) is 12.8 Å². The molecule has 0 heterocycles. The van der Waals surface area contributed by atoms with Crippen molar-refractivity contribution in [1.82, 2.24) is 5.32 Å². The first kappa shape index (κ1) is 45.2. The van der Waals surface area contributed by atoms with Crippen molar-refractivity contribution in [2.45, 2.75) is 225 Å². The van der Waals surface area contributed by atoms with Crippen molar-refractivity contribution in [2.75, 3.05) is 13.2 Å². The van der Waals surface area contributed by atoms with Crippen LogP contribution in [0, 0.1) is 0 Å². The Morgan fingerprint density at radius 3 is 1.09 bits per heavy atom. The Labute approximate surface area is 290 Å². The molecule has 7 nitrogen and oxygen atoms in total. The zero-order valence-electron chi connectivity index (χ0n) is 31.1. The van der Waals surface area contributed by atoms with Crippen LogP contribution in [-0.4, -0.2) is 42.4 Å². The fourth-order valence-corrected chi connectivity index (χ4v) is 6.12. The Kier molecular flexibility index (Phi) is 35.6. The molecule has 0 aliphatic heterocycles. The van der Waals surface area contributed by atoms with E-state index in [1.165, 1.54) is 154 Å². The summed E-state index contributed by atoms with van der Waals surface area (Å²) >= 11 is 0. The molecule has 278 valence electrons. The van der Waals surface area contributed by atoms with Gasteiger partial charge in [-0.2, -0.15) is 0 Å². The molecular weight excluding hydrogens is 590 g/mol. The third-order valence-electron chi connectivity index (χ3n) is 9.18. The van der Waals surface area contributed by atoms with Crippen LogP contribution in [0.3, 0.4) is 0 Å². The van der Waals surface area contributed by atoms with E-state index < -0.39 is 12.2 Å². The van der Waals surface area contributed by atoms with Crippen LogP contribution in [0.25, 0.3) is 0 Å². The van der Waals surface area contributed by atoms with E-state index >= 15 is 0 Å². The van der Waals surface area contributed by atoms with Gasteiger partial charge in [0.15, 0.2) is 6.10 Å². The summed E-state index contributed by atoms with van der Waals surface area (Å²) in [6.07, 6.45) is 36.6. The summed E-state index contributed by atoms with van der Waals surface area (Å²) in [5.41, 5.74) is 0. The Morgan fingerprint density at radius 1 is 0.468 bits per heavy atom. The van der Waals surface area contributed by atoms with Crippen LogP contribution in [-0.2, 0) is 19.1 Å². The lowest BCUT2D eigenvalue weighted by Crippen LogP contribution is -2.37. The minimum Gasteiger partial charge on any atom is -0.465 e. The summed E-state index contributed by atoms with van der Waals surface area (Å²) in [6.45, 7) is 4.31. The van der Waals surface area contributed by atoms with Crippen LogP contribution < -0.4 is 5.32 Å². The first-order valence-electron chi connectivity index (χ1n) is 20.3. The summed E-state index contributed by atoms with van der Waals surface area (Å²) in [5.74, 6) is -0.686. The van der Waals surface area contributed by atoms with Crippen LogP contribution in [0.15, 0.2) is 0 Å². The summed E-state index contributed by atoms with van der Waals surface area (Å²) in [7, 11) is 0. The molecule has 0 spiro atoms. The highest BCUT2D eigenvalue weighted by Gasteiger charge is 2.18. The molecule has 0 aromatic rings. The van der Waals surface area contributed by atoms with Crippen molar-refractivity contribution in [2.24, 2.45) is 0 Å². The summed E-state index contributed by atoms with van der Waals surface area (Å²) in [6, 6.07) is 0. The molecular formula is C40H77NO6. The van der Waals surface area contributed by atoms with Gasteiger partial charge in [-0.25, -0.2) is 4.79 Å². The lowest BCUT2D eigenvalue weighted by atomic mass is 10.0. The Balaban J connectivity index is 3.78. The van der Waals surface area contributed by atoms with E-state index in [0.717, 1.165) is 38.5 Å². The van der Waals surface area contributed by atoms with Gasteiger partial charge in [0.05, 0.1) is 6.54 Å². The standard InChI is InChI=1S/C40H77NO6/c1-3-5-7-9-11-13-15-17-19-21-23-25-27-29-31-33-38(42)46-36-37(35-41-40(44)45)47-39(43)34-32-30-28-26-24-22-20-18-16-14-12-10-8-6-4-2/h37,41H,3-36H2,1-2H3,(H,44,45). The summed E-state index contributed by atoms with van der Waals surface area (Å²) in [5, 5.41) is 11.2. The fourth-order valence-electron chi connectivity index (χ4n) is 6.12. The van der Waals surface area contributed by atoms with Gasteiger partial charge in [0.2, 0.25) is 0 Å². The van der Waals surface area contributed by atoms with Crippen molar-refractivity contribution >= 4 is 18.0 Å². The van der Waals surface area contributed by atoms with Gasteiger partial charge in [-0.05, 0) is 12.8 Å². The van der Waals surface area contributed by atoms with Gasteiger partial charge in [-0.15, -0.1) is 0 Å². The monoisotopic (exact) mass is 668 g/mol. The molecule has 0 aromatic carbocycles. The number of amides is 1. The number of rotatable bonds is 37. The predicted octanol–water partition coefficient (Wildman–Crippen LogP) is 12.2. The first-order valence-corrected chi connectivity index (χ1v) is 20.3. The van der Waals surface area contributed by atoms with Gasteiger partial charge >= 0.3 is 18.0 Å². The number of ether oxygens (including phenoxy) is 2. The average molecular weight is 668 g/mol. The third kappa shape index (κ3) is 36.9. The van der Waals surface area contributed by atoms with Crippen LogP contribution >= 0.6 is 0 Å². The molecule has 0 saturated carbocycles. The van der Waals surface area contributed by atoms with Crippen molar-refractivity contribution in [1.29, 1.82) is 0 Å². The van der Waals surface area contributed by atoms with Crippen molar-refractivity contribution < 1.29 is 29.0 Å². The average Bonchev–Trinajstić information content (AvgIpc) is 3.05. The summed E-state index contributed by atoms with van der Waals surface area (Å²) < 4.78 is 10.8. The molecule has 0 fully saturated rings. The normalized spacial score (nSPS) is 11.8. The second kappa shape index (κ2) is 37.0. The van der Waals surface area contributed by atoms with E-state index in [9.17, 15) is 14.4 Å². The van der Waals surface area contributed by atoms with E-state index in [2.05, 4.69) is 19.2 Å². The van der Waals surface area contributed by atoms with E-state index in [1.807, 2.05) is 0 Å². The highest BCUT2D eigenvalue weighted by molar-refractivity contribution is 5.70. The van der Waals surface area contributed by atoms with Gasteiger partial charge in [0.1, 0.15) is 6.61 Å². The number of carboxylic acid groups (broad SMARTS) is 1. The Hall–Kier alpha value is -1.79. The van der Waals surface area contributed by atoms with Gasteiger partial charge < -0.3 is 19.9 Å². The van der Waals surface area contributed by atoms with Gasteiger partial charge in [0.25, 0.3) is 0 Å². The quantitative estimate of drug-likeness (QED) is 0.0505. The minimum atomic E-state index is -1.20. The molecule has 1 atom stereocenters. The van der Waals surface area contributed by atoms with Crippen molar-refractivity contribution in [3.05, 3.63) is 0 Å². The lowest BCUT2D eigenvalue weighted by Gasteiger charge is -2.18. The van der Waals surface area contributed by atoms with Crippen LogP contribution in [0.1, 0.15) is 219 Å². The second-order valence-electron chi connectivity index (χ2n) is 13.9. The number of carbonyl (C=O) groups is 3. The summed E-state index contributed by atoms with van der Waals surface area (Å²) in [4.78, 5) is 35.6. The molecule has 0 rings (SSSR count). The molecule has 0 aliphatic rings. The maximum atomic E-state index is 12.4. The van der Waals surface area contributed by atoms with Crippen LogP contribution in [0.2, 0.25) is 0 Å². The molecule has 0 aromatic heterocycles. The molecule has 1 unspecified atom stereocenters. The number of carbonyl (C=O) groups excluding carboxylic acids is 2. The second-order valence-corrected chi connectivity index (χ2v) is 13.9.